The molecule has 1 aromatic heterocycles. The number of rotatable bonds is 6. The number of halogens is 1. The van der Waals surface area contributed by atoms with Crippen LogP contribution in [0.4, 0.5) is 4.39 Å². The number of amides is 1. The van der Waals surface area contributed by atoms with Crippen LogP contribution in [0.1, 0.15) is 47.8 Å². The Labute approximate surface area is 181 Å². The molecule has 4 rings (SSSR count). The van der Waals surface area contributed by atoms with E-state index in [0.29, 0.717) is 24.3 Å². The fourth-order valence-electron chi connectivity index (χ4n) is 4.11. The Balaban J connectivity index is 1.49. The minimum absolute atomic E-state index is 0.0167. The summed E-state index contributed by atoms with van der Waals surface area (Å²) in [5, 5.41) is 13.4. The molecule has 0 unspecified atom stereocenters. The van der Waals surface area contributed by atoms with Gasteiger partial charge in [-0.1, -0.05) is 12.1 Å². The van der Waals surface area contributed by atoms with Gasteiger partial charge in [-0.3, -0.25) is 4.79 Å². The third-order valence-corrected chi connectivity index (χ3v) is 5.75. The predicted molar refractivity (Wildman–Crippen MR) is 119 cm³/mol. The third kappa shape index (κ3) is 4.61. The molecule has 0 radical (unpaired) electrons. The zero-order valence-electron chi connectivity index (χ0n) is 17.5. The Kier molecular flexibility index (Phi) is 6.03. The van der Waals surface area contributed by atoms with Crippen molar-refractivity contribution in [2.24, 2.45) is 0 Å². The van der Waals surface area contributed by atoms with Gasteiger partial charge in [-0.2, -0.15) is 5.26 Å². The number of nitrogens with zero attached hydrogens (tertiary/aromatic N) is 2. The molecule has 3 aromatic rings. The first-order chi connectivity index (χ1) is 15.1. The van der Waals surface area contributed by atoms with Crippen LogP contribution in [0.5, 0.6) is 0 Å². The summed E-state index contributed by atoms with van der Waals surface area (Å²) >= 11 is 0. The Morgan fingerprint density at radius 2 is 2.06 bits per heavy atom. The molecule has 1 aliphatic carbocycles. The molecule has 0 spiro atoms. The summed E-state index contributed by atoms with van der Waals surface area (Å²) in [5.74, 6) is -0.281. The number of hydrogen-bond donors (Lipinski definition) is 2. The highest BCUT2D eigenvalue weighted by Gasteiger charge is 2.25. The molecule has 158 valence electrons. The molecule has 0 saturated heterocycles. The van der Waals surface area contributed by atoms with E-state index in [-0.39, 0.29) is 17.8 Å². The van der Waals surface area contributed by atoms with E-state index in [1.807, 2.05) is 24.0 Å². The number of hydrogen-bond acceptors (Lipinski definition) is 3. The lowest BCUT2D eigenvalue weighted by Crippen LogP contribution is -2.41. The summed E-state index contributed by atoms with van der Waals surface area (Å²) in [5.41, 5.74) is 4.08. The molecule has 31 heavy (non-hydrogen) atoms. The lowest BCUT2D eigenvalue weighted by molar-refractivity contribution is 0.0706. The van der Waals surface area contributed by atoms with E-state index >= 15 is 0 Å². The first-order valence-corrected chi connectivity index (χ1v) is 10.6. The number of aromatic amines is 1. The molecule has 0 bridgehead atoms. The van der Waals surface area contributed by atoms with Gasteiger partial charge in [0.2, 0.25) is 0 Å². The number of H-pyrrole nitrogens is 1. The molecule has 0 fully saturated rings. The normalized spacial score (nSPS) is 15.9. The second kappa shape index (κ2) is 9.05. The molecule has 0 saturated carbocycles. The van der Waals surface area contributed by atoms with Gasteiger partial charge in [-0.05, 0) is 74.2 Å². The van der Waals surface area contributed by atoms with Gasteiger partial charge in [0.1, 0.15) is 11.5 Å². The molecule has 1 heterocycles. The molecule has 1 aliphatic rings. The molecule has 5 nitrogen and oxygen atoms in total. The maximum absolute atomic E-state index is 13.3. The summed E-state index contributed by atoms with van der Waals surface area (Å²) < 4.78 is 13.1. The van der Waals surface area contributed by atoms with Crippen LogP contribution >= 0.6 is 0 Å². The first kappa shape index (κ1) is 20.7. The van der Waals surface area contributed by atoms with Gasteiger partial charge in [-0.15, -0.1) is 0 Å². The van der Waals surface area contributed by atoms with E-state index in [4.69, 9.17) is 5.26 Å². The standard InChI is InChI=1S/C25H25FN4O/c1-2-30(25(31)24-13-19-12-18(15-27)8-11-23(19)29-24)22-5-3-4-21(14-22)28-16-17-6-9-20(26)10-7-17/h6-14,22,28-29H,2-5,16H2,1H3/t22-/m0/s1. The van der Waals surface area contributed by atoms with Crippen molar-refractivity contribution < 1.29 is 9.18 Å². The van der Waals surface area contributed by atoms with Crippen molar-refractivity contribution in [3.8, 4) is 6.07 Å². The van der Waals surface area contributed by atoms with Crippen LogP contribution in [-0.4, -0.2) is 28.4 Å². The fraction of sp³-hybridized carbons (Fsp3) is 0.280. The number of carbonyl (C=O) groups excluding carboxylic acids is 1. The molecule has 0 aliphatic heterocycles. The van der Waals surface area contributed by atoms with E-state index in [9.17, 15) is 9.18 Å². The highest BCUT2D eigenvalue weighted by atomic mass is 19.1. The van der Waals surface area contributed by atoms with Crippen molar-refractivity contribution in [3.63, 3.8) is 0 Å². The molecular formula is C25H25FN4O. The van der Waals surface area contributed by atoms with E-state index < -0.39 is 0 Å². The first-order valence-electron chi connectivity index (χ1n) is 10.6. The zero-order chi connectivity index (χ0) is 21.8. The molecule has 2 N–H and O–H groups in total. The van der Waals surface area contributed by atoms with Gasteiger partial charge in [0.05, 0.1) is 17.7 Å². The minimum Gasteiger partial charge on any atom is -0.384 e. The molecule has 2 aromatic carbocycles. The smallest absolute Gasteiger partial charge is 0.270 e. The summed E-state index contributed by atoms with van der Waals surface area (Å²) in [7, 11) is 0. The number of nitrogens with one attached hydrogen (secondary N) is 2. The van der Waals surface area contributed by atoms with Crippen molar-refractivity contribution in [1.82, 2.24) is 15.2 Å². The number of carbonyl (C=O) groups is 1. The zero-order valence-corrected chi connectivity index (χ0v) is 17.5. The quantitative estimate of drug-likeness (QED) is 0.602. The van der Waals surface area contributed by atoms with Crippen molar-refractivity contribution in [2.45, 2.75) is 38.8 Å². The number of likely N-dealkylation sites (N-methyl/N-ethyl adjacent to an activating group) is 1. The van der Waals surface area contributed by atoms with Gasteiger partial charge in [0.25, 0.3) is 5.91 Å². The predicted octanol–water partition coefficient (Wildman–Crippen LogP) is 4.87. The average molecular weight is 417 g/mol. The minimum atomic E-state index is -0.237. The lowest BCUT2D eigenvalue weighted by atomic mass is 9.98. The van der Waals surface area contributed by atoms with Gasteiger partial charge < -0.3 is 15.2 Å². The SMILES string of the molecule is CCN(C(=O)c1cc2cc(C#N)ccc2[nH]1)[C@@H]1C=C(NCc2ccc(F)cc2)CCC1. The molecular weight excluding hydrogens is 391 g/mol. The number of allylic oxidation sites excluding steroid dienone is 1. The van der Waals surface area contributed by atoms with E-state index in [0.717, 1.165) is 41.4 Å². The summed E-state index contributed by atoms with van der Waals surface area (Å²) in [6.07, 6.45) is 4.99. The van der Waals surface area contributed by atoms with Crippen molar-refractivity contribution in [1.29, 1.82) is 5.26 Å². The number of nitriles is 1. The Bertz CT molecular complexity index is 1160. The summed E-state index contributed by atoms with van der Waals surface area (Å²) in [6, 6.07) is 15.8. The lowest BCUT2D eigenvalue weighted by Gasteiger charge is -2.32. The van der Waals surface area contributed by atoms with Crippen LogP contribution in [0.2, 0.25) is 0 Å². The van der Waals surface area contributed by atoms with Crippen LogP contribution in [-0.2, 0) is 6.54 Å². The van der Waals surface area contributed by atoms with Gasteiger partial charge in [0, 0.05) is 29.7 Å². The maximum atomic E-state index is 13.3. The van der Waals surface area contributed by atoms with Gasteiger partial charge >= 0.3 is 0 Å². The van der Waals surface area contributed by atoms with E-state index in [1.165, 1.54) is 12.1 Å². The van der Waals surface area contributed by atoms with Crippen LogP contribution in [0.25, 0.3) is 10.9 Å². The molecule has 1 amide bonds. The number of fused-ring (bicyclic) bond motifs is 1. The van der Waals surface area contributed by atoms with Gasteiger partial charge in [0.15, 0.2) is 0 Å². The van der Waals surface area contributed by atoms with Gasteiger partial charge in [-0.25, -0.2) is 4.39 Å². The summed E-state index contributed by atoms with van der Waals surface area (Å²) in [6.45, 7) is 3.22. The number of benzene rings is 2. The van der Waals surface area contributed by atoms with Crippen molar-refractivity contribution >= 4 is 16.8 Å². The second-order valence-electron chi connectivity index (χ2n) is 7.82. The highest BCUT2D eigenvalue weighted by molar-refractivity contribution is 5.98. The second-order valence-corrected chi connectivity index (χ2v) is 7.82. The number of aromatic nitrogens is 1. The Hall–Kier alpha value is -3.59. The molecule has 6 heteroatoms. The average Bonchev–Trinajstić information content (AvgIpc) is 3.23. The van der Waals surface area contributed by atoms with Crippen LogP contribution in [0, 0.1) is 17.1 Å². The van der Waals surface area contributed by atoms with Crippen LogP contribution in [0.3, 0.4) is 0 Å². The van der Waals surface area contributed by atoms with Crippen molar-refractivity contribution in [3.05, 3.63) is 82.9 Å². The monoisotopic (exact) mass is 416 g/mol. The van der Waals surface area contributed by atoms with Crippen molar-refractivity contribution in [2.75, 3.05) is 6.54 Å². The highest BCUT2D eigenvalue weighted by Crippen LogP contribution is 2.24. The summed E-state index contributed by atoms with van der Waals surface area (Å²) in [4.78, 5) is 18.3. The van der Waals surface area contributed by atoms with E-state index in [1.54, 1.807) is 24.3 Å². The largest absolute Gasteiger partial charge is 0.384 e. The van der Waals surface area contributed by atoms with Crippen LogP contribution < -0.4 is 5.32 Å². The van der Waals surface area contributed by atoms with E-state index in [2.05, 4.69) is 22.4 Å². The third-order valence-electron chi connectivity index (χ3n) is 5.75. The topological polar surface area (TPSA) is 71.9 Å². The molecule has 1 atom stereocenters. The Morgan fingerprint density at radius 1 is 1.26 bits per heavy atom. The fourth-order valence-corrected chi connectivity index (χ4v) is 4.11. The Morgan fingerprint density at radius 3 is 2.81 bits per heavy atom. The van der Waals surface area contributed by atoms with Crippen LogP contribution in [0.15, 0.2) is 60.3 Å². The maximum Gasteiger partial charge on any atom is 0.270 e.